The number of aryl methyl sites for hydroxylation is 5. The number of rotatable bonds is 18. The van der Waals surface area contributed by atoms with Crippen LogP contribution in [0, 0.1) is 3.57 Å². The molecule has 538 valence electrons. The van der Waals surface area contributed by atoms with Crippen LogP contribution in [0.1, 0.15) is 125 Å². The highest BCUT2D eigenvalue weighted by Gasteiger charge is 2.25. The second-order valence-electron chi connectivity index (χ2n) is 20.4. The molecule has 0 saturated carbocycles. The zero-order valence-corrected chi connectivity index (χ0v) is 63.4. The standard InChI is InChI=1S/2C14H14BrN3O3.C14H14ClN3O3.C13H12ClN3O3.C13H12IN3O3/c1-3-18-8-10(15)12(17-18)13(19)16-11-7-5-4-6-9(11)14(20)21-2;1-3-18-12(10(15)8-16-18)13(19)17-11-7-5-4-6-9(11)14(20)21-2;1-3-21-14(20)9-6-4-5-7-11(9)17-13(19)12-10(15)8-16-18(12)2;2*1-17-11(9(14)7-15-17)12(18)16-10-6-4-3-5-8(10)13(19)20-2/h4-8H,3H2,1-2H3,(H,16,19);2*4-8H,3H2,1-2H3,(H,17,19);2*3-7H,1-2H3,(H,16,18). The summed E-state index contributed by atoms with van der Waals surface area (Å²) in [5, 5.41) is 33.9. The molecule has 5 N–H and O–H groups in total. The number of esters is 5. The van der Waals surface area contributed by atoms with Gasteiger partial charge < -0.3 is 50.3 Å². The fourth-order valence-corrected chi connectivity index (χ4v) is 11.1. The fraction of sp³-hybridized carbons (Fsp3) is 0.191. The summed E-state index contributed by atoms with van der Waals surface area (Å²) < 4.78 is 33.0. The van der Waals surface area contributed by atoms with E-state index in [1.807, 2.05) is 36.4 Å². The number of para-hydroxylation sites is 5. The van der Waals surface area contributed by atoms with Crippen LogP contribution in [-0.4, -0.2) is 143 Å². The first-order chi connectivity index (χ1) is 49.3. The maximum Gasteiger partial charge on any atom is 0.340 e. The molecule has 0 radical (unpaired) electrons. The summed E-state index contributed by atoms with van der Waals surface area (Å²) in [6.45, 7) is 7.01. The Morgan fingerprint density at radius 2 is 0.738 bits per heavy atom. The number of anilines is 5. The summed E-state index contributed by atoms with van der Waals surface area (Å²) in [4.78, 5) is 120. The van der Waals surface area contributed by atoms with E-state index in [0.717, 1.165) is 3.57 Å². The number of carbonyl (C=O) groups is 10. The Hall–Kier alpha value is -10.9. The average molecular weight is 1690 g/mol. The zero-order valence-electron chi connectivity index (χ0n) is 56.5. The maximum atomic E-state index is 12.4. The van der Waals surface area contributed by atoms with Crippen LogP contribution < -0.4 is 26.6 Å². The minimum atomic E-state index is -0.531. The van der Waals surface area contributed by atoms with Crippen molar-refractivity contribution in [2.24, 2.45) is 21.1 Å². The van der Waals surface area contributed by atoms with Crippen molar-refractivity contribution in [1.29, 1.82) is 0 Å². The molecule has 10 rings (SSSR count). The van der Waals surface area contributed by atoms with Crippen molar-refractivity contribution in [3.8, 4) is 0 Å². The Morgan fingerprint density at radius 3 is 1.04 bits per heavy atom. The molecule has 5 aromatic carbocycles. The Bertz CT molecular complexity index is 4570. The van der Waals surface area contributed by atoms with Gasteiger partial charge >= 0.3 is 29.8 Å². The first-order valence-corrected chi connectivity index (χ1v) is 33.7. The Morgan fingerprint density at radius 1 is 0.417 bits per heavy atom. The van der Waals surface area contributed by atoms with Crippen molar-refractivity contribution in [3.05, 3.63) is 231 Å². The molecular formula is C68H66Br2Cl2IN15O15. The molecule has 0 atom stereocenters. The molecule has 35 heteroatoms. The van der Waals surface area contributed by atoms with Gasteiger partial charge in [0, 0.05) is 40.4 Å². The SMILES string of the molecule is CCOC(=O)c1ccccc1NC(=O)c1c(Cl)cnn1C.CCn1cc(Br)c(C(=O)Nc2ccccc2C(=O)OC)n1.CCn1ncc(Br)c1C(=O)Nc1ccccc1C(=O)OC.COC(=O)c1ccccc1NC(=O)c1c(Cl)cnn1C.COC(=O)c1ccccc1NC(=O)c1c(I)cnn1C. The Labute approximate surface area is 629 Å². The van der Waals surface area contributed by atoms with E-state index in [1.54, 1.807) is 177 Å². The second-order valence-corrected chi connectivity index (χ2v) is 24.1. The number of hydrogen-bond donors (Lipinski definition) is 5. The second kappa shape index (κ2) is 39.4. The van der Waals surface area contributed by atoms with E-state index < -0.39 is 47.6 Å². The lowest BCUT2D eigenvalue weighted by Crippen LogP contribution is -2.19. The van der Waals surface area contributed by atoms with E-state index in [4.69, 9.17) is 37.4 Å². The number of nitrogens with zero attached hydrogens (tertiary/aromatic N) is 10. The van der Waals surface area contributed by atoms with Crippen LogP contribution in [0.3, 0.4) is 0 Å². The highest BCUT2D eigenvalue weighted by molar-refractivity contribution is 14.1. The highest BCUT2D eigenvalue weighted by Crippen LogP contribution is 2.26. The number of nitrogens with one attached hydrogen (secondary N) is 5. The summed E-state index contributed by atoms with van der Waals surface area (Å²) in [5.74, 6) is -4.52. The first-order valence-electron chi connectivity index (χ1n) is 30.3. The molecule has 30 nitrogen and oxygen atoms in total. The summed E-state index contributed by atoms with van der Waals surface area (Å²) in [7, 11) is 10.1. The zero-order chi connectivity index (χ0) is 75.6. The smallest absolute Gasteiger partial charge is 0.340 e. The molecule has 0 aliphatic heterocycles. The van der Waals surface area contributed by atoms with Gasteiger partial charge in [-0.25, -0.2) is 24.0 Å². The summed E-state index contributed by atoms with van der Waals surface area (Å²) >= 11 is 20.4. The summed E-state index contributed by atoms with van der Waals surface area (Å²) in [6.07, 6.45) is 7.64. The van der Waals surface area contributed by atoms with E-state index in [2.05, 4.69) is 93.4 Å². The van der Waals surface area contributed by atoms with Gasteiger partial charge in [-0.15, -0.1) is 0 Å². The molecular weight excluding hydrogens is 1620 g/mol. The Kier molecular flexibility index (Phi) is 31.0. The molecule has 0 aliphatic carbocycles. The molecule has 0 unspecified atom stereocenters. The number of carbonyl (C=O) groups excluding carboxylic acids is 10. The number of methoxy groups -OCH3 is 4. The molecule has 0 aliphatic rings. The number of hydrogen-bond acceptors (Lipinski definition) is 20. The van der Waals surface area contributed by atoms with Crippen molar-refractivity contribution in [3.63, 3.8) is 0 Å². The van der Waals surface area contributed by atoms with Crippen LogP contribution in [0.15, 0.2) is 161 Å². The number of aromatic nitrogens is 10. The van der Waals surface area contributed by atoms with Crippen LogP contribution in [-0.2, 0) is 57.9 Å². The topological polar surface area (TPSA) is 366 Å². The molecule has 0 saturated heterocycles. The van der Waals surface area contributed by atoms with E-state index in [9.17, 15) is 47.9 Å². The fourth-order valence-electron chi connectivity index (χ4n) is 8.95. The van der Waals surface area contributed by atoms with E-state index in [1.165, 1.54) is 54.9 Å². The molecule has 5 amide bonds. The minimum absolute atomic E-state index is 0.214. The van der Waals surface area contributed by atoms with E-state index in [0.29, 0.717) is 78.6 Å². The van der Waals surface area contributed by atoms with Crippen molar-refractivity contribution in [2.45, 2.75) is 33.9 Å². The third-order valence-electron chi connectivity index (χ3n) is 13.9. The van der Waals surface area contributed by atoms with Crippen molar-refractivity contribution < 1.29 is 71.6 Å². The normalized spacial score (nSPS) is 10.2. The van der Waals surface area contributed by atoms with Gasteiger partial charge in [-0.2, -0.15) is 25.5 Å². The van der Waals surface area contributed by atoms with Crippen LogP contribution in [0.4, 0.5) is 28.4 Å². The Balaban J connectivity index is 0.000000202. The van der Waals surface area contributed by atoms with Crippen LogP contribution in [0.5, 0.6) is 0 Å². The van der Waals surface area contributed by atoms with Gasteiger partial charge in [0.2, 0.25) is 0 Å². The van der Waals surface area contributed by atoms with Gasteiger partial charge in [0.05, 0.1) is 139 Å². The van der Waals surface area contributed by atoms with E-state index >= 15 is 0 Å². The molecule has 10 aromatic rings. The monoisotopic (exact) mass is 1690 g/mol. The van der Waals surface area contributed by atoms with Gasteiger partial charge in [0.25, 0.3) is 29.5 Å². The lowest BCUT2D eigenvalue weighted by atomic mass is 10.1. The molecule has 0 fully saturated rings. The lowest BCUT2D eigenvalue weighted by molar-refractivity contribution is 0.0524. The third kappa shape index (κ3) is 21.6. The van der Waals surface area contributed by atoms with Gasteiger partial charge in [-0.1, -0.05) is 83.9 Å². The molecule has 0 spiro atoms. The molecule has 0 bridgehead atoms. The number of benzene rings is 5. The molecule has 103 heavy (non-hydrogen) atoms. The van der Waals surface area contributed by atoms with Crippen molar-refractivity contribution >= 4 is 165 Å². The summed E-state index contributed by atoms with van der Waals surface area (Å²) in [5.41, 5.74) is 4.86. The summed E-state index contributed by atoms with van der Waals surface area (Å²) in [6, 6.07) is 33.1. The third-order valence-corrected chi connectivity index (χ3v) is 16.4. The van der Waals surface area contributed by atoms with Gasteiger partial charge in [-0.3, -0.25) is 47.4 Å². The number of ether oxygens (including phenoxy) is 5. The predicted molar refractivity (Wildman–Crippen MR) is 397 cm³/mol. The molecule has 5 aromatic heterocycles. The minimum Gasteiger partial charge on any atom is -0.465 e. The van der Waals surface area contributed by atoms with Crippen LogP contribution >= 0.6 is 77.7 Å². The molecule has 5 heterocycles. The maximum absolute atomic E-state index is 12.4. The van der Waals surface area contributed by atoms with Crippen LogP contribution in [0.2, 0.25) is 10.0 Å². The van der Waals surface area contributed by atoms with Gasteiger partial charge in [0.1, 0.15) is 22.8 Å². The van der Waals surface area contributed by atoms with Crippen LogP contribution in [0.25, 0.3) is 0 Å². The number of amides is 5. The first kappa shape index (κ1) is 81.1. The highest BCUT2D eigenvalue weighted by atomic mass is 127. The average Bonchev–Trinajstić information content (AvgIpc) is 1.79. The number of halogens is 5. The van der Waals surface area contributed by atoms with Crippen molar-refractivity contribution in [1.82, 2.24) is 48.9 Å². The van der Waals surface area contributed by atoms with Gasteiger partial charge in [0.15, 0.2) is 5.69 Å². The van der Waals surface area contributed by atoms with Crippen molar-refractivity contribution in [2.75, 3.05) is 61.6 Å². The van der Waals surface area contributed by atoms with Gasteiger partial charge in [-0.05, 0) is 136 Å². The predicted octanol–water partition coefficient (Wildman–Crippen LogP) is 12.1. The lowest BCUT2D eigenvalue weighted by Gasteiger charge is -2.10. The van der Waals surface area contributed by atoms with E-state index in [-0.39, 0.29) is 56.7 Å². The quantitative estimate of drug-likeness (QED) is 0.0303. The largest absolute Gasteiger partial charge is 0.465 e.